The first-order valence-electron chi connectivity index (χ1n) is 4.86. The van der Waals surface area contributed by atoms with Gasteiger partial charge in [0.05, 0.1) is 4.92 Å². The molecule has 2 aromatic rings. The smallest absolute Gasteiger partial charge is 0.270 e. The number of non-ortho nitro benzene ring substituents is 1. The molecule has 0 aromatic heterocycles. The fourth-order valence-corrected chi connectivity index (χ4v) is 2.18. The molecule has 2 rings (SSSR count). The van der Waals surface area contributed by atoms with Gasteiger partial charge < -0.3 is 5.11 Å². The SMILES string of the molecule is O=[N+]([O-])c1cccc(Sc2ccc(O)cc2)c1. The summed E-state index contributed by atoms with van der Waals surface area (Å²) in [5.41, 5.74) is 0.0776. The summed E-state index contributed by atoms with van der Waals surface area (Å²) in [4.78, 5) is 11.9. The molecule has 0 heterocycles. The molecular formula is C12H9NO3S. The summed E-state index contributed by atoms with van der Waals surface area (Å²) in [6, 6.07) is 13.1. The molecule has 0 radical (unpaired) electrons. The second-order valence-corrected chi connectivity index (χ2v) is 4.50. The van der Waals surface area contributed by atoms with Gasteiger partial charge in [0.15, 0.2) is 0 Å². The number of nitro groups is 1. The molecule has 2 aromatic carbocycles. The Bertz CT molecular complexity index is 540. The quantitative estimate of drug-likeness (QED) is 0.666. The van der Waals surface area contributed by atoms with Crippen molar-refractivity contribution in [2.45, 2.75) is 9.79 Å². The van der Waals surface area contributed by atoms with E-state index in [0.717, 1.165) is 9.79 Å². The fraction of sp³-hybridized carbons (Fsp3) is 0. The van der Waals surface area contributed by atoms with E-state index in [1.807, 2.05) is 6.07 Å². The molecule has 0 aliphatic carbocycles. The van der Waals surface area contributed by atoms with Gasteiger partial charge in [0.2, 0.25) is 0 Å². The normalized spacial score (nSPS) is 10.1. The van der Waals surface area contributed by atoms with Crippen molar-refractivity contribution >= 4 is 17.4 Å². The van der Waals surface area contributed by atoms with Crippen LogP contribution in [0, 0.1) is 10.1 Å². The third-order valence-corrected chi connectivity index (χ3v) is 3.10. The maximum absolute atomic E-state index is 10.6. The van der Waals surface area contributed by atoms with E-state index in [0.29, 0.717) is 0 Å². The van der Waals surface area contributed by atoms with Crippen molar-refractivity contribution in [3.05, 3.63) is 58.6 Å². The van der Waals surface area contributed by atoms with Crippen LogP contribution in [-0.2, 0) is 0 Å². The number of nitrogens with zero attached hydrogens (tertiary/aromatic N) is 1. The molecule has 4 nitrogen and oxygen atoms in total. The minimum absolute atomic E-state index is 0.0776. The average Bonchev–Trinajstić information content (AvgIpc) is 2.32. The Hall–Kier alpha value is -2.01. The van der Waals surface area contributed by atoms with Crippen LogP contribution in [0.25, 0.3) is 0 Å². The number of rotatable bonds is 3. The molecule has 0 saturated carbocycles. The van der Waals surface area contributed by atoms with Crippen LogP contribution in [0.4, 0.5) is 5.69 Å². The van der Waals surface area contributed by atoms with Crippen LogP contribution in [-0.4, -0.2) is 10.0 Å². The van der Waals surface area contributed by atoms with Crippen LogP contribution >= 0.6 is 11.8 Å². The van der Waals surface area contributed by atoms with Gasteiger partial charge in [0.25, 0.3) is 5.69 Å². The van der Waals surface area contributed by atoms with E-state index in [2.05, 4.69) is 0 Å². The Labute approximate surface area is 102 Å². The van der Waals surface area contributed by atoms with Crippen LogP contribution < -0.4 is 0 Å². The van der Waals surface area contributed by atoms with E-state index >= 15 is 0 Å². The molecule has 0 saturated heterocycles. The zero-order chi connectivity index (χ0) is 12.3. The maximum Gasteiger partial charge on any atom is 0.270 e. The molecule has 0 bridgehead atoms. The van der Waals surface area contributed by atoms with Crippen molar-refractivity contribution in [1.29, 1.82) is 0 Å². The molecular weight excluding hydrogens is 238 g/mol. The molecule has 0 amide bonds. The maximum atomic E-state index is 10.6. The fourth-order valence-electron chi connectivity index (χ4n) is 1.31. The summed E-state index contributed by atoms with van der Waals surface area (Å²) in [6.45, 7) is 0. The number of benzene rings is 2. The van der Waals surface area contributed by atoms with Crippen molar-refractivity contribution in [1.82, 2.24) is 0 Å². The van der Waals surface area contributed by atoms with Crippen molar-refractivity contribution in [3.63, 3.8) is 0 Å². The van der Waals surface area contributed by atoms with Gasteiger partial charge >= 0.3 is 0 Å². The van der Waals surface area contributed by atoms with Crippen LogP contribution in [0.1, 0.15) is 0 Å². The Morgan fingerprint density at radius 1 is 1.06 bits per heavy atom. The van der Waals surface area contributed by atoms with Gasteiger partial charge in [-0.2, -0.15) is 0 Å². The average molecular weight is 247 g/mol. The van der Waals surface area contributed by atoms with Crippen molar-refractivity contribution in [3.8, 4) is 5.75 Å². The first-order valence-corrected chi connectivity index (χ1v) is 5.68. The van der Waals surface area contributed by atoms with Gasteiger partial charge in [0.1, 0.15) is 5.75 Å². The largest absolute Gasteiger partial charge is 0.508 e. The van der Waals surface area contributed by atoms with Crippen molar-refractivity contribution in [2.75, 3.05) is 0 Å². The molecule has 0 spiro atoms. The van der Waals surface area contributed by atoms with E-state index in [-0.39, 0.29) is 11.4 Å². The van der Waals surface area contributed by atoms with E-state index in [4.69, 9.17) is 5.11 Å². The van der Waals surface area contributed by atoms with Crippen LogP contribution in [0.3, 0.4) is 0 Å². The van der Waals surface area contributed by atoms with Gasteiger partial charge in [0, 0.05) is 21.9 Å². The van der Waals surface area contributed by atoms with Gasteiger partial charge in [-0.15, -0.1) is 0 Å². The minimum atomic E-state index is -0.416. The second kappa shape index (κ2) is 4.88. The zero-order valence-electron chi connectivity index (χ0n) is 8.74. The highest BCUT2D eigenvalue weighted by Crippen LogP contribution is 2.30. The molecule has 86 valence electrons. The highest BCUT2D eigenvalue weighted by molar-refractivity contribution is 7.99. The predicted molar refractivity (Wildman–Crippen MR) is 65.3 cm³/mol. The summed E-state index contributed by atoms with van der Waals surface area (Å²) in [7, 11) is 0. The monoisotopic (exact) mass is 247 g/mol. The summed E-state index contributed by atoms with van der Waals surface area (Å²) in [5, 5.41) is 19.8. The van der Waals surface area contributed by atoms with E-state index < -0.39 is 4.92 Å². The Balaban J connectivity index is 2.21. The molecule has 0 atom stereocenters. The van der Waals surface area contributed by atoms with E-state index in [1.165, 1.54) is 23.9 Å². The van der Waals surface area contributed by atoms with Crippen LogP contribution in [0.2, 0.25) is 0 Å². The van der Waals surface area contributed by atoms with Gasteiger partial charge in [-0.05, 0) is 30.3 Å². The molecule has 0 aliphatic rings. The topological polar surface area (TPSA) is 63.4 Å². The number of phenols is 1. The number of hydrogen-bond acceptors (Lipinski definition) is 4. The van der Waals surface area contributed by atoms with E-state index in [9.17, 15) is 10.1 Å². The van der Waals surface area contributed by atoms with Gasteiger partial charge in [-0.25, -0.2) is 0 Å². The molecule has 17 heavy (non-hydrogen) atoms. The highest BCUT2D eigenvalue weighted by Gasteiger charge is 2.06. The Kier molecular flexibility index (Phi) is 3.30. The summed E-state index contributed by atoms with van der Waals surface area (Å²) >= 11 is 1.41. The van der Waals surface area contributed by atoms with Crippen LogP contribution in [0.15, 0.2) is 58.3 Å². The Morgan fingerprint density at radius 3 is 2.41 bits per heavy atom. The van der Waals surface area contributed by atoms with Gasteiger partial charge in [-0.3, -0.25) is 10.1 Å². The number of hydrogen-bond donors (Lipinski definition) is 1. The van der Waals surface area contributed by atoms with Crippen LogP contribution in [0.5, 0.6) is 5.75 Å². The van der Waals surface area contributed by atoms with Crippen molar-refractivity contribution in [2.24, 2.45) is 0 Å². The molecule has 0 fully saturated rings. The lowest BCUT2D eigenvalue weighted by molar-refractivity contribution is -0.385. The number of phenolic OH excluding ortho intramolecular Hbond substituents is 1. The lowest BCUT2D eigenvalue weighted by atomic mass is 10.3. The Morgan fingerprint density at radius 2 is 1.76 bits per heavy atom. The standard InChI is InChI=1S/C12H9NO3S/c14-10-4-6-11(7-5-10)17-12-3-1-2-9(8-12)13(15)16/h1-8,14H. The number of nitro benzene ring substituents is 1. The minimum Gasteiger partial charge on any atom is -0.508 e. The summed E-state index contributed by atoms with van der Waals surface area (Å²) < 4.78 is 0. The third kappa shape index (κ3) is 2.98. The lowest BCUT2D eigenvalue weighted by Gasteiger charge is -2.01. The van der Waals surface area contributed by atoms with E-state index in [1.54, 1.807) is 30.3 Å². The summed E-state index contributed by atoms with van der Waals surface area (Å²) in [6.07, 6.45) is 0. The second-order valence-electron chi connectivity index (χ2n) is 3.35. The van der Waals surface area contributed by atoms with Crippen molar-refractivity contribution < 1.29 is 10.0 Å². The highest BCUT2D eigenvalue weighted by atomic mass is 32.2. The molecule has 0 unspecified atom stereocenters. The first-order chi connectivity index (χ1) is 8.15. The molecule has 1 N–H and O–H groups in total. The summed E-state index contributed by atoms with van der Waals surface area (Å²) in [5.74, 6) is 0.202. The van der Waals surface area contributed by atoms with Gasteiger partial charge in [-0.1, -0.05) is 17.8 Å². The lowest BCUT2D eigenvalue weighted by Crippen LogP contribution is -1.87. The molecule has 0 aliphatic heterocycles. The first kappa shape index (κ1) is 11.5. The third-order valence-electron chi connectivity index (χ3n) is 2.10. The molecule has 5 heteroatoms. The number of aromatic hydroxyl groups is 1. The zero-order valence-corrected chi connectivity index (χ0v) is 9.55. The predicted octanol–water partition coefficient (Wildman–Crippen LogP) is 3.45.